The van der Waals surface area contributed by atoms with Crippen molar-refractivity contribution in [3.8, 4) is 17.1 Å². The third-order valence-corrected chi connectivity index (χ3v) is 6.94. The molecule has 0 aliphatic heterocycles. The quantitative estimate of drug-likeness (QED) is 0.198. The first-order valence-corrected chi connectivity index (χ1v) is 13.0. The lowest BCUT2D eigenvalue weighted by atomic mass is 10.1. The van der Waals surface area contributed by atoms with Gasteiger partial charge in [0.2, 0.25) is 0 Å². The van der Waals surface area contributed by atoms with E-state index < -0.39 is 0 Å². The Hall–Kier alpha value is -4.45. The molecule has 39 heavy (non-hydrogen) atoms. The summed E-state index contributed by atoms with van der Waals surface area (Å²) in [6.07, 6.45) is 1.54. The van der Waals surface area contributed by atoms with Crippen LogP contribution in [0.3, 0.4) is 0 Å². The number of halogens is 2. The summed E-state index contributed by atoms with van der Waals surface area (Å²) in [7, 11) is 0. The number of fused-ring (bicyclic) bond motifs is 2. The molecule has 0 radical (unpaired) electrons. The van der Waals surface area contributed by atoms with E-state index in [1.165, 1.54) is 10.9 Å². The number of para-hydroxylation sites is 1. The molecule has 6 aromatic rings. The van der Waals surface area contributed by atoms with Crippen molar-refractivity contribution in [1.29, 1.82) is 0 Å². The normalized spacial score (nSPS) is 11.4. The predicted octanol–water partition coefficient (Wildman–Crippen LogP) is 7.98. The van der Waals surface area contributed by atoms with Crippen molar-refractivity contribution in [3.63, 3.8) is 0 Å². The molecule has 0 saturated heterocycles. The van der Waals surface area contributed by atoms with E-state index in [4.69, 9.17) is 32.9 Å². The smallest absolute Gasteiger partial charge is 0.282 e. The molecule has 6 rings (SSSR count). The van der Waals surface area contributed by atoms with Crippen molar-refractivity contribution in [3.05, 3.63) is 141 Å². The minimum absolute atomic E-state index is 0.275. The lowest BCUT2D eigenvalue weighted by Crippen LogP contribution is -2.20. The molecule has 0 saturated carbocycles. The summed E-state index contributed by atoms with van der Waals surface area (Å²) >= 11 is 13.2. The lowest BCUT2D eigenvalue weighted by Gasteiger charge is -2.13. The molecule has 0 atom stereocenters. The summed E-state index contributed by atoms with van der Waals surface area (Å²) in [5, 5.41) is 7.91. The first-order chi connectivity index (χ1) is 19.1. The lowest BCUT2D eigenvalue weighted by molar-refractivity contribution is 0.308. The zero-order valence-electron chi connectivity index (χ0n) is 20.6. The molecule has 1 aromatic heterocycles. The van der Waals surface area contributed by atoms with Crippen LogP contribution in [0.2, 0.25) is 10.0 Å². The van der Waals surface area contributed by atoms with Gasteiger partial charge in [-0.1, -0.05) is 108 Å². The first kappa shape index (κ1) is 24.9. The molecule has 0 N–H and O–H groups in total. The fourth-order valence-electron chi connectivity index (χ4n) is 4.49. The number of hydrogen-bond acceptors (Lipinski definition) is 4. The Morgan fingerprint density at radius 2 is 1.46 bits per heavy atom. The van der Waals surface area contributed by atoms with Gasteiger partial charge in [-0.25, -0.2) is 4.98 Å². The highest BCUT2D eigenvalue weighted by Gasteiger charge is 2.14. The Morgan fingerprint density at radius 1 is 0.795 bits per heavy atom. The maximum atomic E-state index is 13.4. The second-order valence-corrected chi connectivity index (χ2v) is 9.74. The van der Waals surface area contributed by atoms with Gasteiger partial charge in [0.05, 0.1) is 27.2 Å². The molecular weight excluding hydrogens is 529 g/mol. The van der Waals surface area contributed by atoms with Gasteiger partial charge in [0, 0.05) is 5.56 Å². The van der Waals surface area contributed by atoms with Gasteiger partial charge in [-0.2, -0.15) is 9.78 Å². The van der Waals surface area contributed by atoms with E-state index in [0.717, 1.165) is 21.9 Å². The van der Waals surface area contributed by atoms with Gasteiger partial charge in [0.1, 0.15) is 6.61 Å². The Morgan fingerprint density at radius 3 is 2.26 bits per heavy atom. The van der Waals surface area contributed by atoms with Gasteiger partial charge >= 0.3 is 0 Å². The molecule has 0 unspecified atom stereocenters. The average molecular weight is 550 g/mol. The molecule has 0 fully saturated rings. The fourth-order valence-corrected chi connectivity index (χ4v) is 5.10. The van der Waals surface area contributed by atoms with Gasteiger partial charge in [0.25, 0.3) is 5.56 Å². The molecule has 0 aliphatic carbocycles. The number of hydrogen-bond donors (Lipinski definition) is 0. The maximum Gasteiger partial charge on any atom is 0.282 e. The van der Waals surface area contributed by atoms with E-state index >= 15 is 0 Å². The van der Waals surface area contributed by atoms with E-state index in [2.05, 4.69) is 23.3 Å². The number of nitrogens with zero attached hydrogens (tertiary/aromatic N) is 3. The Bertz CT molecular complexity index is 1890. The first-order valence-electron chi connectivity index (χ1n) is 12.3. The van der Waals surface area contributed by atoms with Crippen molar-refractivity contribution >= 4 is 51.1 Å². The summed E-state index contributed by atoms with van der Waals surface area (Å²) in [6.45, 7) is 0.312. The zero-order valence-corrected chi connectivity index (χ0v) is 22.1. The van der Waals surface area contributed by atoms with Crippen LogP contribution in [0, 0.1) is 0 Å². The van der Waals surface area contributed by atoms with Crippen molar-refractivity contribution < 1.29 is 4.74 Å². The topological polar surface area (TPSA) is 56.5 Å². The minimum Gasteiger partial charge on any atom is -0.486 e. The highest BCUT2D eigenvalue weighted by Crippen LogP contribution is 2.35. The summed E-state index contributed by atoms with van der Waals surface area (Å²) in [4.78, 5) is 18.1. The third-order valence-electron chi connectivity index (χ3n) is 6.38. The van der Waals surface area contributed by atoms with E-state index in [0.29, 0.717) is 44.7 Å². The van der Waals surface area contributed by atoms with E-state index in [9.17, 15) is 4.79 Å². The molecule has 0 bridgehead atoms. The second-order valence-electron chi connectivity index (χ2n) is 8.92. The van der Waals surface area contributed by atoms with Crippen LogP contribution in [-0.2, 0) is 6.61 Å². The molecule has 1 heterocycles. The van der Waals surface area contributed by atoms with Gasteiger partial charge in [0.15, 0.2) is 11.6 Å². The van der Waals surface area contributed by atoms with Gasteiger partial charge < -0.3 is 4.74 Å². The Labute approximate surface area is 234 Å². The third kappa shape index (κ3) is 5.02. The van der Waals surface area contributed by atoms with E-state index in [1.807, 2.05) is 66.7 Å². The molecule has 190 valence electrons. The van der Waals surface area contributed by atoms with Crippen LogP contribution < -0.4 is 10.3 Å². The summed E-state index contributed by atoms with van der Waals surface area (Å²) in [5.74, 6) is 0.820. The zero-order chi connectivity index (χ0) is 26.8. The second kappa shape index (κ2) is 10.7. The van der Waals surface area contributed by atoms with Crippen molar-refractivity contribution in [2.45, 2.75) is 6.61 Å². The number of aromatic nitrogens is 2. The predicted molar refractivity (Wildman–Crippen MR) is 159 cm³/mol. The molecular formula is C32H21Cl2N3O2. The summed E-state index contributed by atoms with van der Waals surface area (Å²) < 4.78 is 7.35. The van der Waals surface area contributed by atoms with Crippen LogP contribution >= 0.6 is 23.2 Å². The van der Waals surface area contributed by atoms with Gasteiger partial charge in [-0.3, -0.25) is 4.79 Å². The van der Waals surface area contributed by atoms with Gasteiger partial charge in [-0.05, 0) is 46.2 Å². The van der Waals surface area contributed by atoms with E-state index in [-0.39, 0.29) is 5.56 Å². The van der Waals surface area contributed by atoms with Crippen LogP contribution in [0.15, 0.2) is 119 Å². The largest absolute Gasteiger partial charge is 0.486 e. The molecule has 5 aromatic carbocycles. The SMILES string of the molecule is O=c1c2ccccc2nc(-c2ccccc2)n1N=Cc1cc(Cl)c(OCc2cccc3ccccc23)c(Cl)c1. The molecule has 0 spiro atoms. The molecule has 7 heteroatoms. The number of rotatable bonds is 6. The Kier molecular flexibility index (Phi) is 6.84. The van der Waals surface area contributed by atoms with Crippen molar-refractivity contribution in [1.82, 2.24) is 9.66 Å². The average Bonchev–Trinajstić information content (AvgIpc) is 2.96. The number of ether oxygens (including phenoxy) is 1. The molecule has 0 aliphatic rings. The molecule has 5 nitrogen and oxygen atoms in total. The Balaban J connectivity index is 1.33. The highest BCUT2D eigenvalue weighted by atomic mass is 35.5. The fraction of sp³-hybridized carbons (Fsp3) is 0.0312. The summed E-state index contributed by atoms with van der Waals surface area (Å²) in [5.41, 5.74) is 2.74. The standard InChI is InChI=1S/C32H21Cl2N3O2/c33-27-17-21(18-28(34)30(27)39-20-24-13-8-12-22-9-4-5-14-25(22)24)19-35-37-31(23-10-2-1-3-11-23)36-29-16-7-6-15-26(29)32(37)38/h1-19H,20H2. The van der Waals surface area contributed by atoms with Crippen LogP contribution in [0.25, 0.3) is 33.1 Å². The van der Waals surface area contributed by atoms with Gasteiger partial charge in [-0.15, -0.1) is 0 Å². The monoisotopic (exact) mass is 549 g/mol. The van der Waals surface area contributed by atoms with Crippen LogP contribution in [0.1, 0.15) is 11.1 Å². The number of benzene rings is 5. The maximum absolute atomic E-state index is 13.4. The van der Waals surface area contributed by atoms with Crippen LogP contribution in [0.5, 0.6) is 5.75 Å². The summed E-state index contributed by atoms with van der Waals surface area (Å²) in [6, 6.07) is 34.3. The highest BCUT2D eigenvalue weighted by molar-refractivity contribution is 6.37. The van der Waals surface area contributed by atoms with Crippen molar-refractivity contribution in [2.75, 3.05) is 0 Å². The molecule has 0 amide bonds. The van der Waals surface area contributed by atoms with E-state index in [1.54, 1.807) is 24.3 Å². The minimum atomic E-state index is -0.275. The van der Waals surface area contributed by atoms with Crippen LogP contribution in [-0.4, -0.2) is 15.9 Å². The van der Waals surface area contributed by atoms with Crippen molar-refractivity contribution in [2.24, 2.45) is 5.10 Å². The van der Waals surface area contributed by atoms with Crippen LogP contribution in [0.4, 0.5) is 0 Å².